The summed E-state index contributed by atoms with van der Waals surface area (Å²) in [5, 5.41) is 3.65. The molecule has 1 aromatic rings. The Kier molecular flexibility index (Phi) is 2.79. The van der Waals surface area contributed by atoms with Gasteiger partial charge >= 0.3 is 0 Å². The van der Waals surface area contributed by atoms with Gasteiger partial charge in [0.25, 0.3) is 0 Å². The fourth-order valence-corrected chi connectivity index (χ4v) is 3.26. The number of para-hydroxylation sites is 1. The third kappa shape index (κ3) is 2.04. The lowest BCUT2D eigenvalue weighted by molar-refractivity contribution is 0.302. The van der Waals surface area contributed by atoms with E-state index < -0.39 is 0 Å². The van der Waals surface area contributed by atoms with Crippen LogP contribution in [0.25, 0.3) is 0 Å². The zero-order valence-corrected chi connectivity index (χ0v) is 10.1. The van der Waals surface area contributed by atoms with Crippen molar-refractivity contribution in [1.82, 2.24) is 5.32 Å². The third-order valence-corrected chi connectivity index (χ3v) is 4.13. The number of piperazine rings is 1. The first kappa shape index (κ1) is 11.0. The molecule has 2 aliphatic rings. The molecule has 0 bridgehead atoms. The minimum atomic E-state index is -0.0949. The van der Waals surface area contributed by atoms with Gasteiger partial charge in [0.15, 0.2) is 0 Å². The molecule has 0 aromatic heterocycles. The van der Waals surface area contributed by atoms with Crippen LogP contribution in [-0.4, -0.2) is 25.2 Å². The SMILES string of the molecule is Fc1ccccc1N1CCNC2(CCCC2)C1. The highest BCUT2D eigenvalue weighted by atomic mass is 19.1. The molecule has 1 aromatic carbocycles. The number of nitrogens with zero attached hydrogens (tertiary/aromatic N) is 1. The maximum Gasteiger partial charge on any atom is 0.146 e. The quantitative estimate of drug-likeness (QED) is 0.803. The standard InChI is InChI=1S/C14H19FN2/c15-12-5-1-2-6-13(12)17-10-9-16-14(11-17)7-3-4-8-14/h1-2,5-6,16H,3-4,7-11H2. The number of hydrogen-bond donors (Lipinski definition) is 1. The summed E-state index contributed by atoms with van der Waals surface area (Å²) in [7, 11) is 0. The smallest absolute Gasteiger partial charge is 0.146 e. The van der Waals surface area contributed by atoms with Crippen molar-refractivity contribution in [1.29, 1.82) is 0 Å². The summed E-state index contributed by atoms with van der Waals surface area (Å²) < 4.78 is 13.8. The van der Waals surface area contributed by atoms with Crippen LogP contribution in [-0.2, 0) is 0 Å². The first-order valence-electron chi connectivity index (χ1n) is 6.54. The van der Waals surface area contributed by atoms with E-state index in [1.54, 1.807) is 12.1 Å². The average molecular weight is 234 g/mol. The topological polar surface area (TPSA) is 15.3 Å². The summed E-state index contributed by atoms with van der Waals surface area (Å²) in [6.07, 6.45) is 5.08. The molecule has 1 aliphatic carbocycles. The Morgan fingerprint density at radius 1 is 1.18 bits per heavy atom. The van der Waals surface area contributed by atoms with Gasteiger partial charge in [-0.25, -0.2) is 4.39 Å². The molecule has 1 spiro atoms. The largest absolute Gasteiger partial charge is 0.366 e. The van der Waals surface area contributed by atoms with Crippen molar-refractivity contribution in [3.8, 4) is 0 Å². The molecular weight excluding hydrogens is 215 g/mol. The zero-order valence-electron chi connectivity index (χ0n) is 10.1. The fraction of sp³-hybridized carbons (Fsp3) is 0.571. The molecule has 0 amide bonds. The van der Waals surface area contributed by atoms with Gasteiger partial charge in [-0.05, 0) is 25.0 Å². The Morgan fingerprint density at radius 3 is 2.71 bits per heavy atom. The molecule has 1 aliphatic heterocycles. The lowest BCUT2D eigenvalue weighted by Crippen LogP contribution is -2.59. The molecule has 92 valence electrons. The van der Waals surface area contributed by atoms with E-state index in [0.29, 0.717) is 0 Å². The molecule has 0 radical (unpaired) electrons. The molecule has 1 N–H and O–H groups in total. The van der Waals surface area contributed by atoms with E-state index in [2.05, 4.69) is 10.2 Å². The van der Waals surface area contributed by atoms with Gasteiger partial charge in [-0.15, -0.1) is 0 Å². The molecule has 0 unspecified atom stereocenters. The van der Waals surface area contributed by atoms with Gasteiger partial charge in [0, 0.05) is 25.2 Å². The van der Waals surface area contributed by atoms with Crippen LogP contribution >= 0.6 is 0 Å². The summed E-state index contributed by atoms with van der Waals surface area (Å²) in [5.74, 6) is -0.0949. The minimum Gasteiger partial charge on any atom is -0.366 e. The Hall–Kier alpha value is -1.09. The average Bonchev–Trinajstić information content (AvgIpc) is 2.78. The van der Waals surface area contributed by atoms with Gasteiger partial charge in [-0.3, -0.25) is 0 Å². The van der Waals surface area contributed by atoms with Crippen molar-refractivity contribution in [2.45, 2.75) is 31.2 Å². The van der Waals surface area contributed by atoms with E-state index >= 15 is 0 Å². The van der Waals surface area contributed by atoms with Crippen molar-refractivity contribution >= 4 is 5.69 Å². The molecule has 3 rings (SSSR count). The predicted octanol–water partition coefficient (Wildman–Crippen LogP) is 2.55. The van der Waals surface area contributed by atoms with Gasteiger partial charge in [0.05, 0.1) is 5.69 Å². The maximum atomic E-state index is 13.8. The highest BCUT2D eigenvalue weighted by Gasteiger charge is 2.38. The highest BCUT2D eigenvalue weighted by molar-refractivity contribution is 5.48. The molecule has 17 heavy (non-hydrogen) atoms. The van der Waals surface area contributed by atoms with Crippen molar-refractivity contribution in [2.75, 3.05) is 24.5 Å². The van der Waals surface area contributed by atoms with Gasteiger partial charge in [-0.2, -0.15) is 0 Å². The van der Waals surface area contributed by atoms with Gasteiger partial charge in [-0.1, -0.05) is 25.0 Å². The van der Waals surface area contributed by atoms with Crippen LogP contribution in [0.4, 0.5) is 10.1 Å². The second-order valence-electron chi connectivity index (χ2n) is 5.29. The molecule has 2 nitrogen and oxygen atoms in total. The Morgan fingerprint density at radius 2 is 1.94 bits per heavy atom. The molecule has 1 saturated carbocycles. The predicted molar refractivity (Wildman–Crippen MR) is 67.8 cm³/mol. The second-order valence-corrected chi connectivity index (χ2v) is 5.29. The summed E-state index contributed by atoms with van der Waals surface area (Å²) >= 11 is 0. The van der Waals surface area contributed by atoms with Gasteiger partial charge < -0.3 is 10.2 Å². The monoisotopic (exact) mass is 234 g/mol. The number of benzene rings is 1. The Labute approximate surface area is 102 Å². The third-order valence-electron chi connectivity index (χ3n) is 4.13. The number of anilines is 1. The van der Waals surface area contributed by atoms with Gasteiger partial charge in [0.2, 0.25) is 0 Å². The minimum absolute atomic E-state index is 0.0949. The van der Waals surface area contributed by atoms with E-state index in [9.17, 15) is 4.39 Å². The summed E-state index contributed by atoms with van der Waals surface area (Å²) in [6.45, 7) is 2.82. The number of rotatable bonds is 1. The van der Waals surface area contributed by atoms with Gasteiger partial charge in [0.1, 0.15) is 5.82 Å². The molecule has 1 saturated heterocycles. The van der Waals surface area contributed by atoms with E-state index in [-0.39, 0.29) is 11.4 Å². The normalized spacial score (nSPS) is 23.2. The molecule has 2 fully saturated rings. The lowest BCUT2D eigenvalue weighted by atomic mass is 9.94. The first-order chi connectivity index (χ1) is 8.29. The van der Waals surface area contributed by atoms with Crippen molar-refractivity contribution in [2.24, 2.45) is 0 Å². The Bertz CT molecular complexity index is 399. The van der Waals surface area contributed by atoms with Crippen LogP contribution in [0.5, 0.6) is 0 Å². The van der Waals surface area contributed by atoms with Crippen LogP contribution in [0.3, 0.4) is 0 Å². The van der Waals surface area contributed by atoms with Crippen LogP contribution in [0.1, 0.15) is 25.7 Å². The van der Waals surface area contributed by atoms with E-state index in [0.717, 1.165) is 25.3 Å². The summed E-state index contributed by atoms with van der Waals surface area (Å²) in [6, 6.07) is 7.12. The van der Waals surface area contributed by atoms with Crippen molar-refractivity contribution in [3.63, 3.8) is 0 Å². The van der Waals surface area contributed by atoms with E-state index in [4.69, 9.17) is 0 Å². The van der Waals surface area contributed by atoms with Crippen molar-refractivity contribution in [3.05, 3.63) is 30.1 Å². The zero-order chi connectivity index (χ0) is 11.7. The van der Waals surface area contributed by atoms with Crippen LogP contribution < -0.4 is 10.2 Å². The van der Waals surface area contributed by atoms with Crippen molar-refractivity contribution < 1.29 is 4.39 Å². The fourth-order valence-electron chi connectivity index (χ4n) is 3.26. The lowest BCUT2D eigenvalue weighted by Gasteiger charge is -2.42. The summed E-state index contributed by atoms with van der Waals surface area (Å²) in [5.41, 5.74) is 1.01. The molecular formula is C14H19FN2. The number of hydrogen-bond acceptors (Lipinski definition) is 2. The number of halogens is 1. The molecule has 1 heterocycles. The van der Waals surface area contributed by atoms with E-state index in [1.807, 2.05) is 12.1 Å². The van der Waals surface area contributed by atoms with Crippen LogP contribution in [0.2, 0.25) is 0 Å². The first-order valence-corrected chi connectivity index (χ1v) is 6.54. The Balaban J connectivity index is 1.82. The maximum absolute atomic E-state index is 13.8. The molecule has 3 heteroatoms. The number of nitrogens with one attached hydrogen (secondary N) is 1. The molecule has 0 atom stereocenters. The van der Waals surface area contributed by atoms with Crippen LogP contribution in [0.15, 0.2) is 24.3 Å². The summed E-state index contributed by atoms with van der Waals surface area (Å²) in [4.78, 5) is 2.21. The van der Waals surface area contributed by atoms with Crippen LogP contribution in [0, 0.1) is 5.82 Å². The van der Waals surface area contributed by atoms with E-state index in [1.165, 1.54) is 25.7 Å². The highest BCUT2D eigenvalue weighted by Crippen LogP contribution is 2.33. The second kappa shape index (κ2) is 4.30.